The lowest BCUT2D eigenvalue weighted by Gasteiger charge is -2.06. The molecule has 11 heteroatoms. The maximum Gasteiger partial charge on any atom is 0.453 e. The monoisotopic (exact) mass is 306 g/mol. The second kappa shape index (κ2) is 5.53. The highest BCUT2D eigenvalue weighted by Crippen LogP contribution is 2.31. The van der Waals surface area contributed by atoms with Crippen molar-refractivity contribution in [3.63, 3.8) is 0 Å². The van der Waals surface area contributed by atoms with E-state index in [1.54, 1.807) is 6.92 Å². The molecule has 108 valence electrons. The van der Waals surface area contributed by atoms with Crippen molar-refractivity contribution in [2.24, 2.45) is 0 Å². The molecule has 7 nitrogen and oxygen atoms in total. The molecule has 0 spiro atoms. The van der Waals surface area contributed by atoms with Gasteiger partial charge in [0, 0.05) is 6.07 Å². The summed E-state index contributed by atoms with van der Waals surface area (Å²) in [6.45, 7) is 2.19. The van der Waals surface area contributed by atoms with Gasteiger partial charge >= 0.3 is 6.18 Å². The fraction of sp³-hybridized carbons (Fsp3) is 0.333. The summed E-state index contributed by atoms with van der Waals surface area (Å²) < 4.78 is 43.0. The number of aromatic nitrogens is 5. The van der Waals surface area contributed by atoms with Crippen LogP contribution >= 0.6 is 11.8 Å². The number of nitrogen functional groups attached to an aromatic ring is 1. The summed E-state index contributed by atoms with van der Waals surface area (Å²) in [5.74, 6) is 4.34. The average Bonchev–Trinajstić information content (AvgIpc) is 2.72. The summed E-state index contributed by atoms with van der Waals surface area (Å²) >= 11 is 0.824. The van der Waals surface area contributed by atoms with Crippen molar-refractivity contribution in [3.8, 4) is 5.88 Å². The molecular weight excluding hydrogens is 297 g/mol. The lowest BCUT2D eigenvalue weighted by molar-refractivity contribution is -0.146. The molecular formula is C9H9F3N6OS. The summed E-state index contributed by atoms with van der Waals surface area (Å²) in [5.41, 5.74) is 0. The van der Waals surface area contributed by atoms with Gasteiger partial charge in [0.05, 0.1) is 6.61 Å². The molecule has 0 unspecified atom stereocenters. The number of hydrogen-bond acceptors (Lipinski definition) is 7. The predicted molar refractivity (Wildman–Crippen MR) is 62.5 cm³/mol. The van der Waals surface area contributed by atoms with Gasteiger partial charge in [-0.05, 0) is 18.7 Å². The van der Waals surface area contributed by atoms with E-state index in [-0.39, 0.29) is 5.16 Å². The minimum absolute atomic E-state index is 0.140. The molecule has 0 bridgehead atoms. The summed E-state index contributed by atoms with van der Waals surface area (Å²) in [5, 5.41) is 6.60. The third-order valence-electron chi connectivity index (χ3n) is 2.02. The Morgan fingerprint density at radius 3 is 2.70 bits per heavy atom. The van der Waals surface area contributed by atoms with E-state index in [4.69, 9.17) is 10.6 Å². The molecule has 0 atom stereocenters. The van der Waals surface area contributed by atoms with Crippen molar-refractivity contribution in [2.75, 3.05) is 12.4 Å². The van der Waals surface area contributed by atoms with Crippen LogP contribution in [0.5, 0.6) is 5.88 Å². The van der Waals surface area contributed by atoms with Crippen molar-refractivity contribution in [3.05, 3.63) is 18.2 Å². The molecule has 2 N–H and O–H groups in total. The number of hydrogen-bond donors (Lipinski definition) is 1. The molecule has 2 aromatic rings. The van der Waals surface area contributed by atoms with Crippen molar-refractivity contribution in [1.29, 1.82) is 0 Å². The fourth-order valence-corrected chi connectivity index (χ4v) is 1.95. The highest BCUT2D eigenvalue weighted by Gasteiger charge is 2.38. The average molecular weight is 306 g/mol. The summed E-state index contributed by atoms with van der Waals surface area (Å²) in [6.07, 6.45) is -3.43. The van der Waals surface area contributed by atoms with E-state index < -0.39 is 12.0 Å². The highest BCUT2D eigenvalue weighted by atomic mass is 32.2. The van der Waals surface area contributed by atoms with Crippen LogP contribution in [-0.2, 0) is 6.18 Å². The van der Waals surface area contributed by atoms with Crippen LogP contribution in [0.1, 0.15) is 12.7 Å². The Hall–Kier alpha value is -2.04. The second-order valence-corrected chi connectivity index (χ2v) is 4.39. The van der Waals surface area contributed by atoms with Gasteiger partial charge in [-0.3, -0.25) is 0 Å². The van der Waals surface area contributed by atoms with Crippen LogP contribution < -0.4 is 10.6 Å². The Balaban J connectivity index is 2.22. The molecule has 0 aromatic carbocycles. The number of nitrogens with two attached hydrogens (primary N) is 1. The number of rotatable bonds is 4. The van der Waals surface area contributed by atoms with E-state index in [2.05, 4.69) is 20.2 Å². The normalized spacial score (nSPS) is 11.6. The third-order valence-corrected chi connectivity index (χ3v) is 2.92. The molecule has 20 heavy (non-hydrogen) atoms. The highest BCUT2D eigenvalue weighted by molar-refractivity contribution is 7.99. The first kappa shape index (κ1) is 14.4. The summed E-state index contributed by atoms with van der Waals surface area (Å²) in [4.78, 5) is 7.72. The molecule has 2 heterocycles. The van der Waals surface area contributed by atoms with Crippen molar-refractivity contribution in [2.45, 2.75) is 23.3 Å². The van der Waals surface area contributed by atoms with Gasteiger partial charge in [0.25, 0.3) is 5.82 Å². The minimum Gasteiger partial charge on any atom is -0.478 e. The van der Waals surface area contributed by atoms with Crippen LogP contribution in [0.4, 0.5) is 13.2 Å². The zero-order chi connectivity index (χ0) is 14.8. The van der Waals surface area contributed by atoms with Gasteiger partial charge in [0.15, 0.2) is 0 Å². The number of nitrogens with zero attached hydrogens (tertiary/aromatic N) is 5. The van der Waals surface area contributed by atoms with Crippen molar-refractivity contribution >= 4 is 11.8 Å². The van der Waals surface area contributed by atoms with E-state index in [0.29, 0.717) is 22.2 Å². The molecule has 0 aliphatic heterocycles. The predicted octanol–water partition coefficient (Wildman–Crippen LogP) is 1.35. The molecule has 0 saturated heterocycles. The molecule has 0 amide bonds. The quantitative estimate of drug-likeness (QED) is 0.673. The van der Waals surface area contributed by atoms with Gasteiger partial charge < -0.3 is 10.6 Å². The van der Waals surface area contributed by atoms with Crippen LogP contribution in [0.15, 0.2) is 22.6 Å². The molecule has 2 rings (SSSR count). The van der Waals surface area contributed by atoms with Crippen LogP contribution in [0, 0.1) is 0 Å². The molecule has 0 aliphatic carbocycles. The Labute approximate surface area is 115 Å². The van der Waals surface area contributed by atoms with Gasteiger partial charge in [-0.15, -0.1) is 10.2 Å². The number of alkyl halides is 3. The van der Waals surface area contributed by atoms with Crippen LogP contribution in [0.2, 0.25) is 0 Å². The van der Waals surface area contributed by atoms with Crippen molar-refractivity contribution in [1.82, 2.24) is 24.8 Å². The van der Waals surface area contributed by atoms with Crippen LogP contribution in [0.3, 0.4) is 0 Å². The lowest BCUT2D eigenvalue weighted by Crippen LogP contribution is -2.21. The first-order valence-electron chi connectivity index (χ1n) is 5.32. The molecule has 2 aromatic heterocycles. The Kier molecular flexibility index (Phi) is 3.97. The van der Waals surface area contributed by atoms with Crippen molar-refractivity contribution < 1.29 is 17.9 Å². The maximum absolute atomic E-state index is 12.5. The van der Waals surface area contributed by atoms with E-state index in [0.717, 1.165) is 11.8 Å². The molecule has 0 saturated carbocycles. The molecule has 0 fully saturated rings. The van der Waals surface area contributed by atoms with Gasteiger partial charge in [-0.1, -0.05) is 0 Å². The molecule has 0 aliphatic rings. The SMILES string of the molecule is CCOc1cc(Sc2nnc(C(F)(F)F)n2N)ncn1. The second-order valence-electron chi connectivity index (χ2n) is 3.40. The lowest BCUT2D eigenvalue weighted by atomic mass is 10.6. The zero-order valence-corrected chi connectivity index (χ0v) is 10.9. The van der Waals surface area contributed by atoms with E-state index in [1.165, 1.54) is 12.4 Å². The van der Waals surface area contributed by atoms with E-state index >= 15 is 0 Å². The first-order valence-corrected chi connectivity index (χ1v) is 6.14. The Bertz CT molecular complexity index is 602. The van der Waals surface area contributed by atoms with Gasteiger partial charge in [-0.2, -0.15) is 13.2 Å². The zero-order valence-electron chi connectivity index (χ0n) is 10.1. The topological polar surface area (TPSA) is 91.7 Å². The maximum atomic E-state index is 12.5. The summed E-state index contributed by atoms with van der Waals surface area (Å²) in [6, 6.07) is 1.47. The van der Waals surface area contributed by atoms with Crippen LogP contribution in [-0.4, -0.2) is 31.4 Å². The van der Waals surface area contributed by atoms with Gasteiger partial charge in [-0.25, -0.2) is 14.6 Å². The number of halogens is 3. The van der Waals surface area contributed by atoms with Gasteiger partial charge in [0.1, 0.15) is 11.4 Å². The third kappa shape index (κ3) is 3.10. The minimum atomic E-state index is -4.66. The fourth-order valence-electron chi connectivity index (χ4n) is 1.24. The molecule has 0 radical (unpaired) electrons. The van der Waals surface area contributed by atoms with E-state index in [1.807, 2.05) is 0 Å². The summed E-state index contributed by atoms with van der Waals surface area (Å²) in [7, 11) is 0. The van der Waals surface area contributed by atoms with Gasteiger partial charge in [0.2, 0.25) is 11.0 Å². The van der Waals surface area contributed by atoms with Crippen LogP contribution in [0.25, 0.3) is 0 Å². The smallest absolute Gasteiger partial charge is 0.453 e. The number of ether oxygens (including phenoxy) is 1. The Morgan fingerprint density at radius 2 is 2.10 bits per heavy atom. The Morgan fingerprint density at radius 1 is 1.35 bits per heavy atom. The first-order chi connectivity index (χ1) is 9.41. The standard InChI is InChI=1S/C9H9F3N6OS/c1-2-19-5-3-6(15-4-14-5)20-8-17-16-7(18(8)13)9(10,11)12/h3-4H,2,13H2,1H3. The van der Waals surface area contributed by atoms with E-state index in [9.17, 15) is 13.2 Å². The largest absolute Gasteiger partial charge is 0.478 e.